The van der Waals surface area contributed by atoms with E-state index in [1.54, 1.807) is 7.11 Å². The number of esters is 1. The normalized spacial score (nSPS) is 25.1. The Hall–Kier alpha value is -0.730. The lowest BCUT2D eigenvalue weighted by atomic mass is 10.1. The number of carbonyl (C=O) groups is 1. The minimum atomic E-state index is -0.461. The number of ether oxygens (including phenoxy) is 6. The van der Waals surface area contributed by atoms with Crippen molar-refractivity contribution in [2.45, 2.75) is 45.2 Å². The average molecular weight is 320 g/mol. The third-order valence-corrected chi connectivity index (χ3v) is 3.11. The maximum atomic E-state index is 11.0. The highest BCUT2D eigenvalue weighted by Gasteiger charge is 2.33. The highest BCUT2D eigenvalue weighted by atomic mass is 16.7. The molecular weight excluding hydrogens is 292 g/mol. The van der Waals surface area contributed by atoms with E-state index in [9.17, 15) is 4.79 Å². The molecule has 1 saturated heterocycles. The first-order valence-electron chi connectivity index (χ1n) is 7.76. The van der Waals surface area contributed by atoms with Gasteiger partial charge in [-0.3, -0.25) is 4.79 Å². The van der Waals surface area contributed by atoms with Crippen LogP contribution in [0.5, 0.6) is 0 Å². The molecule has 0 N–H and O–H groups in total. The van der Waals surface area contributed by atoms with Crippen molar-refractivity contribution in [2.24, 2.45) is 0 Å². The number of hydrogen-bond donors (Lipinski definition) is 0. The Morgan fingerprint density at radius 2 is 1.82 bits per heavy atom. The standard InChI is InChI=1S/C15H28O7/c1-4-5-18-6-7-19-8-9-20-15-14(17-3)10-13(11-21-15)22-12(2)16/h13-15H,4-11H2,1-3H3/t13-,14?,15-/m1/s1. The molecule has 0 saturated carbocycles. The van der Waals surface area contributed by atoms with E-state index in [0.717, 1.165) is 13.0 Å². The Morgan fingerprint density at radius 3 is 2.45 bits per heavy atom. The van der Waals surface area contributed by atoms with Gasteiger partial charge in [0.05, 0.1) is 33.0 Å². The van der Waals surface area contributed by atoms with Crippen LogP contribution in [-0.4, -0.2) is 71.2 Å². The monoisotopic (exact) mass is 320 g/mol. The number of methoxy groups -OCH3 is 1. The van der Waals surface area contributed by atoms with E-state index in [1.165, 1.54) is 6.92 Å². The molecule has 1 aliphatic heterocycles. The van der Waals surface area contributed by atoms with Crippen molar-refractivity contribution in [1.82, 2.24) is 0 Å². The molecule has 1 fully saturated rings. The largest absolute Gasteiger partial charge is 0.460 e. The summed E-state index contributed by atoms with van der Waals surface area (Å²) in [7, 11) is 1.59. The third-order valence-electron chi connectivity index (χ3n) is 3.11. The predicted molar refractivity (Wildman–Crippen MR) is 78.6 cm³/mol. The number of rotatable bonds is 11. The topological polar surface area (TPSA) is 72.5 Å². The molecule has 0 bridgehead atoms. The fraction of sp³-hybridized carbons (Fsp3) is 0.933. The molecule has 0 spiro atoms. The van der Waals surface area contributed by atoms with Gasteiger partial charge < -0.3 is 28.4 Å². The molecule has 1 heterocycles. The van der Waals surface area contributed by atoms with Crippen molar-refractivity contribution in [3.63, 3.8) is 0 Å². The molecule has 1 aliphatic rings. The van der Waals surface area contributed by atoms with Crippen LogP contribution in [0, 0.1) is 0 Å². The summed E-state index contributed by atoms with van der Waals surface area (Å²) in [6.07, 6.45) is 0.568. The zero-order valence-corrected chi connectivity index (χ0v) is 13.7. The van der Waals surface area contributed by atoms with E-state index < -0.39 is 6.29 Å². The molecule has 3 atom stereocenters. The molecule has 0 aromatic rings. The lowest BCUT2D eigenvalue weighted by molar-refractivity contribution is -0.248. The van der Waals surface area contributed by atoms with Crippen LogP contribution < -0.4 is 0 Å². The van der Waals surface area contributed by atoms with Crippen LogP contribution in [0.1, 0.15) is 26.7 Å². The van der Waals surface area contributed by atoms with Gasteiger partial charge in [-0.2, -0.15) is 0 Å². The summed E-state index contributed by atoms with van der Waals surface area (Å²) in [5.41, 5.74) is 0. The second-order valence-corrected chi connectivity index (χ2v) is 5.04. The van der Waals surface area contributed by atoms with E-state index in [4.69, 9.17) is 28.4 Å². The van der Waals surface area contributed by atoms with Crippen molar-refractivity contribution in [3.05, 3.63) is 0 Å². The molecule has 0 aromatic carbocycles. The average Bonchev–Trinajstić information content (AvgIpc) is 2.50. The summed E-state index contributed by atoms with van der Waals surface area (Å²) in [5.74, 6) is -0.318. The molecule has 0 radical (unpaired) electrons. The molecule has 1 unspecified atom stereocenters. The van der Waals surface area contributed by atoms with Gasteiger partial charge >= 0.3 is 5.97 Å². The van der Waals surface area contributed by atoms with E-state index in [-0.39, 0.29) is 18.2 Å². The molecule has 1 rings (SSSR count). The van der Waals surface area contributed by atoms with Gasteiger partial charge in [-0.15, -0.1) is 0 Å². The van der Waals surface area contributed by atoms with Gasteiger partial charge in [0, 0.05) is 27.1 Å². The summed E-state index contributed by atoms with van der Waals surface area (Å²) in [6.45, 7) is 6.55. The fourth-order valence-corrected chi connectivity index (χ4v) is 2.12. The van der Waals surface area contributed by atoms with Gasteiger partial charge in [-0.1, -0.05) is 6.92 Å². The quantitative estimate of drug-likeness (QED) is 0.417. The Labute approximate surface area is 132 Å². The molecule has 0 aromatic heterocycles. The minimum absolute atomic E-state index is 0.258. The van der Waals surface area contributed by atoms with Crippen molar-refractivity contribution >= 4 is 5.97 Å². The molecular formula is C15H28O7. The smallest absolute Gasteiger partial charge is 0.302 e. The highest BCUT2D eigenvalue weighted by Crippen LogP contribution is 2.20. The molecule has 0 aliphatic carbocycles. The zero-order valence-electron chi connectivity index (χ0n) is 13.7. The van der Waals surface area contributed by atoms with Crippen LogP contribution in [-0.2, 0) is 33.2 Å². The Bertz CT molecular complexity index is 298. The molecule has 22 heavy (non-hydrogen) atoms. The van der Waals surface area contributed by atoms with Crippen LogP contribution >= 0.6 is 0 Å². The molecule has 130 valence electrons. The molecule has 0 amide bonds. The summed E-state index contributed by atoms with van der Waals surface area (Å²) in [5, 5.41) is 0. The SMILES string of the molecule is CCCOCCOCCO[C@@H]1OC[C@H](OC(C)=O)CC1OC. The van der Waals surface area contributed by atoms with Gasteiger partial charge in [0.1, 0.15) is 12.2 Å². The van der Waals surface area contributed by atoms with E-state index in [2.05, 4.69) is 6.92 Å². The first kappa shape index (κ1) is 19.3. The van der Waals surface area contributed by atoms with E-state index in [1.807, 2.05) is 0 Å². The Balaban J connectivity index is 2.11. The van der Waals surface area contributed by atoms with E-state index >= 15 is 0 Å². The van der Waals surface area contributed by atoms with Gasteiger partial charge in [-0.25, -0.2) is 0 Å². The van der Waals surface area contributed by atoms with Gasteiger partial charge in [0.2, 0.25) is 0 Å². The summed E-state index contributed by atoms with van der Waals surface area (Å²) in [4.78, 5) is 11.0. The number of hydrogen-bond acceptors (Lipinski definition) is 7. The first-order valence-corrected chi connectivity index (χ1v) is 7.76. The fourth-order valence-electron chi connectivity index (χ4n) is 2.12. The van der Waals surface area contributed by atoms with Crippen molar-refractivity contribution in [2.75, 3.05) is 46.8 Å². The first-order chi connectivity index (χ1) is 10.7. The van der Waals surface area contributed by atoms with Gasteiger partial charge in [0.25, 0.3) is 0 Å². The van der Waals surface area contributed by atoms with Crippen LogP contribution in [0.3, 0.4) is 0 Å². The maximum Gasteiger partial charge on any atom is 0.302 e. The molecule has 7 nitrogen and oxygen atoms in total. The Morgan fingerprint density at radius 1 is 1.14 bits per heavy atom. The van der Waals surface area contributed by atoms with Crippen molar-refractivity contribution in [1.29, 1.82) is 0 Å². The van der Waals surface area contributed by atoms with Crippen molar-refractivity contribution in [3.8, 4) is 0 Å². The summed E-state index contributed by atoms with van der Waals surface area (Å²) in [6, 6.07) is 0. The lowest BCUT2D eigenvalue weighted by Gasteiger charge is -2.34. The number of carbonyl (C=O) groups excluding carboxylic acids is 1. The summed E-state index contributed by atoms with van der Waals surface area (Å²) < 4.78 is 32.3. The van der Waals surface area contributed by atoms with Crippen LogP contribution in [0.25, 0.3) is 0 Å². The maximum absolute atomic E-state index is 11.0. The Kier molecular flexibility index (Phi) is 10.3. The van der Waals surface area contributed by atoms with Gasteiger partial charge in [-0.05, 0) is 6.42 Å². The second-order valence-electron chi connectivity index (χ2n) is 5.04. The van der Waals surface area contributed by atoms with E-state index in [0.29, 0.717) is 39.5 Å². The summed E-state index contributed by atoms with van der Waals surface area (Å²) >= 11 is 0. The third kappa shape index (κ3) is 8.05. The highest BCUT2D eigenvalue weighted by molar-refractivity contribution is 5.66. The van der Waals surface area contributed by atoms with Crippen molar-refractivity contribution < 1.29 is 33.2 Å². The lowest BCUT2D eigenvalue weighted by Crippen LogP contribution is -2.45. The van der Waals surface area contributed by atoms with Crippen LogP contribution in [0.15, 0.2) is 0 Å². The molecule has 7 heteroatoms. The van der Waals surface area contributed by atoms with Gasteiger partial charge in [0.15, 0.2) is 6.29 Å². The zero-order chi connectivity index (χ0) is 16.2. The second kappa shape index (κ2) is 11.8. The predicted octanol–water partition coefficient (Wildman–Crippen LogP) is 1.14. The minimum Gasteiger partial charge on any atom is -0.460 e. The van der Waals surface area contributed by atoms with Crippen LogP contribution in [0.4, 0.5) is 0 Å². The van der Waals surface area contributed by atoms with Crippen LogP contribution in [0.2, 0.25) is 0 Å².